The van der Waals surface area contributed by atoms with Crippen molar-refractivity contribution in [3.05, 3.63) is 60.0 Å². The molecular formula is C27H32N4O4. The van der Waals surface area contributed by atoms with Gasteiger partial charge in [-0.2, -0.15) is 5.10 Å². The van der Waals surface area contributed by atoms with Gasteiger partial charge in [0.25, 0.3) is 0 Å². The standard InChI is InChI=1S/C27H32N4O4/c1-27(2,24(33)17-32)19-4-3-5-20(14-19)29-25-15-22(8-11-28-25)35-23-16-31(21-6-7-21)30-26(23)18-9-12-34-13-10-18/h3-5,8,11,14-16,18,21,32H,6-7,9-10,12-13,17H2,1-2H3,(H,28,29). The predicted molar refractivity (Wildman–Crippen MR) is 132 cm³/mol. The summed E-state index contributed by atoms with van der Waals surface area (Å²) in [6.45, 7) is 4.65. The third-order valence-electron chi connectivity index (χ3n) is 6.91. The molecule has 0 unspecified atom stereocenters. The number of ketones is 1. The van der Waals surface area contributed by atoms with E-state index in [0.717, 1.165) is 61.6 Å². The zero-order valence-electron chi connectivity index (χ0n) is 20.2. The van der Waals surface area contributed by atoms with Crippen LogP contribution < -0.4 is 10.1 Å². The molecule has 2 fully saturated rings. The number of pyridine rings is 1. The number of ether oxygens (including phenoxy) is 2. The molecule has 8 heteroatoms. The second kappa shape index (κ2) is 9.79. The van der Waals surface area contributed by atoms with Gasteiger partial charge in [0.05, 0.1) is 17.7 Å². The summed E-state index contributed by atoms with van der Waals surface area (Å²) in [5.41, 5.74) is 1.85. The molecule has 1 aliphatic carbocycles. The molecule has 2 N–H and O–H groups in total. The first-order chi connectivity index (χ1) is 16.9. The number of nitrogens with one attached hydrogen (secondary N) is 1. The second-order valence-corrected chi connectivity index (χ2v) is 9.87. The molecule has 0 atom stereocenters. The number of rotatable bonds is 9. The lowest BCUT2D eigenvalue weighted by Crippen LogP contribution is -2.31. The number of nitrogens with zero attached hydrogens (tertiary/aromatic N) is 3. The molecule has 5 rings (SSSR count). The Morgan fingerprint density at radius 2 is 2.00 bits per heavy atom. The molecule has 0 spiro atoms. The molecule has 35 heavy (non-hydrogen) atoms. The van der Waals surface area contributed by atoms with Crippen LogP contribution in [0, 0.1) is 0 Å². The molecular weight excluding hydrogens is 444 g/mol. The molecule has 1 saturated heterocycles. The largest absolute Gasteiger partial charge is 0.454 e. The molecule has 2 aliphatic rings. The third-order valence-corrected chi connectivity index (χ3v) is 6.91. The molecule has 184 valence electrons. The molecule has 1 aromatic carbocycles. The average Bonchev–Trinajstić information content (AvgIpc) is 3.65. The Kier molecular flexibility index (Phi) is 6.58. The van der Waals surface area contributed by atoms with Gasteiger partial charge in [0.1, 0.15) is 23.9 Å². The summed E-state index contributed by atoms with van der Waals surface area (Å²) in [6, 6.07) is 11.8. The number of aromatic nitrogens is 3. The van der Waals surface area contributed by atoms with Crippen molar-refractivity contribution in [1.82, 2.24) is 14.8 Å². The van der Waals surface area contributed by atoms with Gasteiger partial charge in [-0.15, -0.1) is 0 Å². The highest BCUT2D eigenvalue weighted by molar-refractivity contribution is 5.90. The lowest BCUT2D eigenvalue weighted by atomic mass is 9.80. The van der Waals surface area contributed by atoms with Crippen LogP contribution in [-0.2, 0) is 14.9 Å². The van der Waals surface area contributed by atoms with Crippen molar-refractivity contribution in [1.29, 1.82) is 0 Å². The first-order valence-electron chi connectivity index (χ1n) is 12.3. The number of aliphatic hydroxyl groups is 1. The fourth-order valence-corrected chi connectivity index (χ4v) is 4.41. The highest BCUT2D eigenvalue weighted by atomic mass is 16.5. The topological polar surface area (TPSA) is 98.5 Å². The summed E-state index contributed by atoms with van der Waals surface area (Å²) in [5, 5.41) is 17.5. The van der Waals surface area contributed by atoms with Crippen molar-refractivity contribution in [3.8, 4) is 11.5 Å². The Morgan fingerprint density at radius 3 is 2.74 bits per heavy atom. The highest BCUT2D eigenvalue weighted by Gasteiger charge is 2.30. The fourth-order valence-electron chi connectivity index (χ4n) is 4.41. The maximum absolute atomic E-state index is 12.2. The van der Waals surface area contributed by atoms with E-state index in [1.54, 1.807) is 6.20 Å². The SMILES string of the molecule is CC(C)(C(=O)CO)c1cccc(Nc2cc(Oc3cn(C4CC4)nc3C3CCOCC3)ccn2)c1. The molecule has 0 bridgehead atoms. The Labute approximate surface area is 205 Å². The van der Waals surface area contributed by atoms with E-state index in [9.17, 15) is 9.90 Å². The number of Topliss-reactive ketones (excluding diaryl/α,β-unsaturated/α-hetero) is 1. The fraction of sp³-hybridized carbons (Fsp3) is 0.444. The van der Waals surface area contributed by atoms with E-state index in [2.05, 4.69) is 15.0 Å². The molecule has 3 heterocycles. The number of aliphatic hydroxyl groups excluding tert-OH is 1. The van der Waals surface area contributed by atoms with E-state index in [4.69, 9.17) is 14.6 Å². The number of carbonyl (C=O) groups is 1. The summed E-state index contributed by atoms with van der Waals surface area (Å²) < 4.78 is 13.9. The molecule has 1 aliphatic heterocycles. The molecule has 1 saturated carbocycles. The van der Waals surface area contributed by atoms with Crippen LogP contribution in [0.15, 0.2) is 48.8 Å². The maximum Gasteiger partial charge on any atom is 0.168 e. The van der Waals surface area contributed by atoms with Crippen molar-refractivity contribution in [2.24, 2.45) is 0 Å². The number of hydrogen-bond acceptors (Lipinski definition) is 7. The highest BCUT2D eigenvalue weighted by Crippen LogP contribution is 2.40. The van der Waals surface area contributed by atoms with Crippen molar-refractivity contribution >= 4 is 17.3 Å². The number of carbonyl (C=O) groups excluding carboxylic acids is 1. The van der Waals surface area contributed by atoms with Gasteiger partial charge >= 0.3 is 0 Å². The van der Waals surface area contributed by atoms with E-state index in [1.165, 1.54) is 0 Å². The van der Waals surface area contributed by atoms with Gasteiger partial charge in [-0.1, -0.05) is 12.1 Å². The van der Waals surface area contributed by atoms with Gasteiger partial charge in [-0.3, -0.25) is 9.48 Å². The number of hydrogen-bond donors (Lipinski definition) is 2. The summed E-state index contributed by atoms with van der Waals surface area (Å²) in [5.74, 6) is 2.22. The summed E-state index contributed by atoms with van der Waals surface area (Å²) >= 11 is 0. The zero-order chi connectivity index (χ0) is 24.4. The van der Waals surface area contributed by atoms with E-state index in [0.29, 0.717) is 23.5 Å². The van der Waals surface area contributed by atoms with Crippen molar-refractivity contribution < 1.29 is 19.4 Å². The molecule has 0 amide bonds. The summed E-state index contributed by atoms with van der Waals surface area (Å²) in [6.07, 6.45) is 7.97. The van der Waals surface area contributed by atoms with Crippen LogP contribution in [0.3, 0.4) is 0 Å². The first-order valence-corrected chi connectivity index (χ1v) is 12.3. The smallest absolute Gasteiger partial charge is 0.168 e. The summed E-state index contributed by atoms with van der Waals surface area (Å²) in [7, 11) is 0. The lowest BCUT2D eigenvalue weighted by Gasteiger charge is -2.23. The Balaban J connectivity index is 1.35. The Hall–Kier alpha value is -3.23. The monoisotopic (exact) mass is 476 g/mol. The molecule has 0 radical (unpaired) electrons. The third kappa shape index (κ3) is 5.23. The quantitative estimate of drug-likeness (QED) is 0.454. The van der Waals surface area contributed by atoms with Crippen LogP contribution in [0.1, 0.15) is 62.7 Å². The van der Waals surface area contributed by atoms with Crippen molar-refractivity contribution in [2.75, 3.05) is 25.1 Å². The number of benzene rings is 1. The predicted octanol–water partition coefficient (Wildman–Crippen LogP) is 4.88. The minimum atomic E-state index is -0.785. The van der Waals surface area contributed by atoms with Crippen LogP contribution in [0.5, 0.6) is 11.5 Å². The van der Waals surface area contributed by atoms with Crippen LogP contribution in [0.4, 0.5) is 11.5 Å². The van der Waals surface area contributed by atoms with Crippen LogP contribution >= 0.6 is 0 Å². The van der Waals surface area contributed by atoms with Crippen LogP contribution in [-0.4, -0.2) is 45.5 Å². The van der Waals surface area contributed by atoms with Gasteiger partial charge in [-0.05, 0) is 63.3 Å². The van der Waals surface area contributed by atoms with Gasteiger partial charge in [0, 0.05) is 37.1 Å². The van der Waals surface area contributed by atoms with Gasteiger partial charge in [-0.25, -0.2) is 4.98 Å². The van der Waals surface area contributed by atoms with Crippen LogP contribution in [0.25, 0.3) is 0 Å². The van der Waals surface area contributed by atoms with Crippen molar-refractivity contribution in [3.63, 3.8) is 0 Å². The Bertz CT molecular complexity index is 1200. The van der Waals surface area contributed by atoms with E-state index >= 15 is 0 Å². The first kappa shape index (κ1) is 23.5. The maximum atomic E-state index is 12.2. The normalized spacial score (nSPS) is 16.8. The van der Waals surface area contributed by atoms with Crippen molar-refractivity contribution in [2.45, 2.75) is 56.9 Å². The van der Waals surface area contributed by atoms with Gasteiger partial charge < -0.3 is 19.9 Å². The lowest BCUT2D eigenvalue weighted by molar-refractivity contribution is -0.126. The van der Waals surface area contributed by atoms with E-state index in [-0.39, 0.29) is 5.78 Å². The van der Waals surface area contributed by atoms with E-state index in [1.807, 2.05) is 56.4 Å². The second-order valence-electron chi connectivity index (χ2n) is 9.87. The van der Waals surface area contributed by atoms with E-state index < -0.39 is 12.0 Å². The van der Waals surface area contributed by atoms with Gasteiger partial charge in [0.15, 0.2) is 11.5 Å². The average molecular weight is 477 g/mol. The molecule has 8 nitrogen and oxygen atoms in total. The van der Waals surface area contributed by atoms with Gasteiger partial charge in [0.2, 0.25) is 0 Å². The minimum absolute atomic E-state index is 0.227. The molecule has 3 aromatic rings. The Morgan fingerprint density at radius 1 is 1.20 bits per heavy atom. The van der Waals surface area contributed by atoms with Crippen LogP contribution in [0.2, 0.25) is 0 Å². The molecule has 2 aromatic heterocycles. The minimum Gasteiger partial charge on any atom is -0.454 e. The zero-order valence-corrected chi connectivity index (χ0v) is 20.2. The number of anilines is 2. The summed E-state index contributed by atoms with van der Waals surface area (Å²) in [4.78, 5) is 16.6.